The Balaban J connectivity index is 2.10. The third kappa shape index (κ3) is 2.06. The molecule has 1 amide bonds. The van der Waals surface area contributed by atoms with Crippen molar-refractivity contribution in [3.8, 4) is 0 Å². The van der Waals surface area contributed by atoms with Crippen LogP contribution >= 0.6 is 0 Å². The van der Waals surface area contributed by atoms with Gasteiger partial charge < -0.3 is 0 Å². The fourth-order valence-corrected chi connectivity index (χ4v) is 2.19. The molecule has 4 nitrogen and oxygen atoms in total. The zero-order chi connectivity index (χ0) is 13.8. The fraction of sp³-hybridized carbons (Fsp3) is 0.0625. The van der Waals surface area contributed by atoms with E-state index < -0.39 is 0 Å². The molecule has 0 saturated heterocycles. The van der Waals surface area contributed by atoms with Gasteiger partial charge in [-0.05, 0) is 24.3 Å². The van der Waals surface area contributed by atoms with E-state index in [1.54, 1.807) is 24.5 Å². The Bertz CT molecular complexity index is 665. The summed E-state index contributed by atoms with van der Waals surface area (Å²) in [6.45, 7) is 0.467. The van der Waals surface area contributed by atoms with Crippen LogP contribution in [-0.4, -0.2) is 23.8 Å². The minimum atomic E-state index is -0.138. The number of hydrogen-bond donors (Lipinski definition) is 0. The maximum atomic E-state index is 12.9. The summed E-state index contributed by atoms with van der Waals surface area (Å²) in [5.41, 5.74) is 0.621. The van der Waals surface area contributed by atoms with Gasteiger partial charge in [-0.2, -0.15) is 4.99 Å². The predicted octanol–water partition coefficient (Wildman–Crippen LogP) is 2.66. The Morgan fingerprint density at radius 1 is 1.10 bits per heavy atom. The summed E-state index contributed by atoms with van der Waals surface area (Å²) in [6.07, 6.45) is 8.09. The van der Waals surface area contributed by atoms with Crippen LogP contribution in [0.4, 0.5) is 5.82 Å². The number of hydrogen-bond acceptors (Lipinski definition) is 3. The number of carbonyl (C=O) groups is 1. The van der Waals surface area contributed by atoms with Crippen LogP contribution in [0.25, 0.3) is 0 Å². The number of carbonyl (C=O) groups excluding carboxylic acids is 1. The zero-order valence-electron chi connectivity index (χ0n) is 10.8. The van der Waals surface area contributed by atoms with Gasteiger partial charge in [-0.15, -0.1) is 4.48 Å². The van der Waals surface area contributed by atoms with Gasteiger partial charge in [0.1, 0.15) is 6.54 Å². The normalized spacial score (nSPS) is 20.8. The summed E-state index contributed by atoms with van der Waals surface area (Å²) in [7, 11) is 0. The standard InChI is InChI=1S/C16H13N3O/c20-16(14-7-2-1-3-8-14)19(12-6-10-17-13-19)15-9-4-5-11-18-15/h1-11H,12H2/q+1. The first kappa shape index (κ1) is 12.4. The largest absolute Gasteiger partial charge is 0.359 e. The Kier molecular flexibility index (Phi) is 3.23. The van der Waals surface area contributed by atoms with Gasteiger partial charge in [0.2, 0.25) is 5.82 Å². The maximum absolute atomic E-state index is 12.9. The van der Waals surface area contributed by atoms with E-state index in [0.29, 0.717) is 17.9 Å². The van der Waals surface area contributed by atoms with Crippen LogP contribution in [-0.2, 0) is 0 Å². The number of amides is 1. The summed E-state index contributed by atoms with van der Waals surface area (Å²) in [4.78, 5) is 21.2. The zero-order valence-corrected chi connectivity index (χ0v) is 10.8. The predicted molar refractivity (Wildman–Crippen MR) is 78.2 cm³/mol. The van der Waals surface area contributed by atoms with E-state index in [-0.39, 0.29) is 10.4 Å². The molecule has 1 atom stereocenters. The topological polar surface area (TPSA) is 42.3 Å². The van der Waals surface area contributed by atoms with Crippen molar-refractivity contribution in [2.24, 2.45) is 4.99 Å². The molecule has 1 aliphatic heterocycles. The van der Waals surface area contributed by atoms with Crippen molar-refractivity contribution >= 4 is 18.1 Å². The lowest BCUT2D eigenvalue weighted by Crippen LogP contribution is -2.54. The molecule has 0 N–H and O–H groups in total. The van der Waals surface area contributed by atoms with Crippen LogP contribution in [0.1, 0.15) is 10.4 Å². The summed E-state index contributed by atoms with van der Waals surface area (Å²) in [6, 6.07) is 14.7. The SMILES string of the molecule is O=C(c1ccccc1)[N+]1(c2ccccn2)[C]=NC=CC1. The van der Waals surface area contributed by atoms with Gasteiger partial charge >= 0.3 is 12.2 Å². The molecule has 2 heterocycles. The van der Waals surface area contributed by atoms with E-state index >= 15 is 0 Å². The third-order valence-corrected chi connectivity index (χ3v) is 3.20. The molecule has 1 radical (unpaired) electrons. The first-order valence-electron chi connectivity index (χ1n) is 6.35. The van der Waals surface area contributed by atoms with Crippen LogP contribution in [0, 0.1) is 0 Å². The molecule has 0 aliphatic carbocycles. The summed E-state index contributed by atoms with van der Waals surface area (Å²) >= 11 is 0. The Morgan fingerprint density at radius 2 is 1.90 bits per heavy atom. The average molecular weight is 263 g/mol. The van der Waals surface area contributed by atoms with Crippen molar-refractivity contribution in [3.63, 3.8) is 0 Å². The lowest BCUT2D eigenvalue weighted by atomic mass is 10.1. The number of pyridine rings is 1. The second-order valence-electron chi connectivity index (χ2n) is 4.47. The van der Waals surface area contributed by atoms with Crippen molar-refractivity contribution in [1.29, 1.82) is 0 Å². The van der Waals surface area contributed by atoms with Gasteiger partial charge in [0.05, 0.1) is 5.56 Å². The summed E-state index contributed by atoms with van der Waals surface area (Å²) < 4.78 is -0.138. The number of rotatable bonds is 2. The minimum Gasteiger partial charge on any atom is -0.224 e. The molecule has 0 spiro atoms. The van der Waals surface area contributed by atoms with Crippen molar-refractivity contribution < 1.29 is 4.79 Å². The number of benzene rings is 1. The molecule has 0 bridgehead atoms. The van der Waals surface area contributed by atoms with Crippen LogP contribution in [0.2, 0.25) is 0 Å². The van der Waals surface area contributed by atoms with E-state index in [2.05, 4.69) is 16.3 Å². The average Bonchev–Trinajstić information content (AvgIpc) is 2.56. The van der Waals surface area contributed by atoms with E-state index in [1.165, 1.54) is 0 Å². The highest BCUT2D eigenvalue weighted by atomic mass is 16.2. The Labute approximate surface area is 117 Å². The summed E-state index contributed by atoms with van der Waals surface area (Å²) in [5.74, 6) is 0.534. The van der Waals surface area contributed by atoms with Crippen LogP contribution in [0.5, 0.6) is 0 Å². The molecule has 3 rings (SSSR count). The van der Waals surface area contributed by atoms with Gasteiger partial charge in [0, 0.05) is 18.5 Å². The van der Waals surface area contributed by atoms with Crippen LogP contribution < -0.4 is 4.48 Å². The lowest BCUT2D eigenvalue weighted by Gasteiger charge is -2.27. The van der Waals surface area contributed by atoms with Crippen molar-refractivity contribution in [3.05, 3.63) is 72.6 Å². The molecular formula is C16H13N3O+. The maximum Gasteiger partial charge on any atom is 0.359 e. The van der Waals surface area contributed by atoms with E-state index in [9.17, 15) is 4.79 Å². The monoisotopic (exact) mass is 263 g/mol. The number of aromatic nitrogens is 1. The van der Waals surface area contributed by atoms with Gasteiger partial charge in [0.25, 0.3) is 0 Å². The summed E-state index contributed by atoms with van der Waals surface area (Å²) in [5, 5.41) is 0. The van der Waals surface area contributed by atoms with Crippen molar-refractivity contribution in [2.45, 2.75) is 0 Å². The first-order chi connectivity index (χ1) is 9.83. The van der Waals surface area contributed by atoms with Crippen LogP contribution in [0.15, 0.2) is 72.0 Å². The highest BCUT2D eigenvalue weighted by Crippen LogP contribution is 2.23. The molecule has 20 heavy (non-hydrogen) atoms. The van der Waals surface area contributed by atoms with E-state index in [4.69, 9.17) is 0 Å². The first-order valence-corrected chi connectivity index (χ1v) is 6.35. The smallest absolute Gasteiger partial charge is 0.224 e. The third-order valence-electron chi connectivity index (χ3n) is 3.20. The number of quaternary nitrogens is 1. The molecule has 2 aromatic rings. The molecule has 1 unspecified atom stereocenters. The van der Waals surface area contributed by atoms with Gasteiger partial charge in [-0.1, -0.05) is 24.3 Å². The van der Waals surface area contributed by atoms with E-state index in [1.807, 2.05) is 42.5 Å². The highest BCUT2D eigenvalue weighted by Gasteiger charge is 2.41. The molecule has 97 valence electrons. The van der Waals surface area contributed by atoms with Gasteiger partial charge in [0.15, 0.2) is 0 Å². The Hall–Kier alpha value is -2.59. The van der Waals surface area contributed by atoms with Crippen molar-refractivity contribution in [2.75, 3.05) is 6.54 Å². The molecule has 1 aromatic carbocycles. The lowest BCUT2D eigenvalue weighted by molar-refractivity contribution is 0.0862. The molecular weight excluding hydrogens is 250 g/mol. The second kappa shape index (κ2) is 5.19. The second-order valence-corrected chi connectivity index (χ2v) is 4.47. The number of nitrogens with zero attached hydrogens (tertiary/aromatic N) is 3. The molecule has 1 aromatic heterocycles. The molecule has 1 aliphatic rings. The van der Waals surface area contributed by atoms with Gasteiger partial charge in [-0.3, -0.25) is 0 Å². The molecule has 0 fully saturated rings. The Morgan fingerprint density at radius 3 is 2.55 bits per heavy atom. The molecule has 4 heteroatoms. The highest BCUT2D eigenvalue weighted by molar-refractivity contribution is 6.11. The van der Waals surface area contributed by atoms with Crippen molar-refractivity contribution in [1.82, 2.24) is 9.47 Å². The minimum absolute atomic E-state index is 0.0857. The van der Waals surface area contributed by atoms with E-state index in [0.717, 1.165) is 0 Å². The van der Waals surface area contributed by atoms with Crippen LogP contribution in [0.3, 0.4) is 0 Å². The number of aliphatic imine (C=N–C) groups is 1. The van der Waals surface area contributed by atoms with Gasteiger partial charge in [-0.25, -0.2) is 9.78 Å². The molecule has 0 saturated carbocycles. The quantitative estimate of drug-likeness (QED) is 0.782. The fourth-order valence-electron chi connectivity index (χ4n) is 2.19.